The van der Waals surface area contributed by atoms with Gasteiger partial charge in [-0.2, -0.15) is 4.98 Å². The summed E-state index contributed by atoms with van der Waals surface area (Å²) in [7, 11) is 0. The van der Waals surface area contributed by atoms with Crippen LogP contribution in [0.25, 0.3) is 10.4 Å². The van der Waals surface area contributed by atoms with Crippen LogP contribution in [0, 0.1) is 0 Å². The Balaban J connectivity index is 2.33. The van der Waals surface area contributed by atoms with Crippen molar-refractivity contribution in [1.29, 1.82) is 0 Å². The van der Waals surface area contributed by atoms with Crippen molar-refractivity contribution in [3.8, 4) is 0 Å². The highest BCUT2D eigenvalue weighted by Gasteiger charge is 2.35. The number of nitrogen functional groups attached to an aromatic ring is 1. The van der Waals surface area contributed by atoms with Gasteiger partial charge in [0, 0.05) is 23.1 Å². The van der Waals surface area contributed by atoms with Crippen LogP contribution in [0.2, 0.25) is 0 Å². The number of aryl methyl sites for hydroxylation is 1. The molecule has 1 fully saturated rings. The number of nitrogens with zero attached hydrogens (tertiary/aromatic N) is 5. The highest BCUT2D eigenvalue weighted by atomic mass is 16.5. The maximum atomic E-state index is 11.9. The molecule has 2 rings (SSSR count). The molecule has 1 aliphatic rings. The number of aliphatic hydroxyl groups is 1. The van der Waals surface area contributed by atoms with E-state index >= 15 is 0 Å². The number of rotatable bonds is 4. The molecule has 1 saturated heterocycles. The Labute approximate surface area is 114 Å². The number of ether oxygens (including phenoxy) is 1. The van der Waals surface area contributed by atoms with Crippen molar-refractivity contribution in [3.05, 3.63) is 32.7 Å². The van der Waals surface area contributed by atoms with Crippen LogP contribution in [0.5, 0.6) is 0 Å². The second-order valence-electron chi connectivity index (χ2n) is 4.51. The van der Waals surface area contributed by atoms with Gasteiger partial charge < -0.3 is 15.6 Å². The summed E-state index contributed by atoms with van der Waals surface area (Å²) < 4.78 is 6.87. The summed E-state index contributed by atoms with van der Waals surface area (Å²) >= 11 is 0. The molecule has 20 heavy (non-hydrogen) atoms. The predicted molar refractivity (Wildman–Crippen MR) is 70.8 cm³/mol. The number of aliphatic hydroxyl groups excluding tert-OH is 1. The maximum Gasteiger partial charge on any atom is 0.351 e. The van der Waals surface area contributed by atoms with Crippen molar-refractivity contribution in [2.45, 2.75) is 38.1 Å². The normalized spacial score (nSPS) is 25.4. The minimum absolute atomic E-state index is 0.206. The second-order valence-corrected chi connectivity index (χ2v) is 4.51. The second kappa shape index (κ2) is 5.91. The summed E-state index contributed by atoms with van der Waals surface area (Å²) in [5.74, 6) is 0.206. The van der Waals surface area contributed by atoms with E-state index in [1.165, 1.54) is 4.57 Å². The zero-order valence-corrected chi connectivity index (χ0v) is 11.0. The Morgan fingerprint density at radius 3 is 3.10 bits per heavy atom. The molecule has 0 unspecified atom stereocenters. The van der Waals surface area contributed by atoms with Crippen LogP contribution in [-0.4, -0.2) is 33.4 Å². The number of aromatic nitrogens is 2. The van der Waals surface area contributed by atoms with Gasteiger partial charge in [0.15, 0.2) is 0 Å². The molecule has 0 radical (unpaired) electrons. The van der Waals surface area contributed by atoms with Gasteiger partial charge in [0.2, 0.25) is 0 Å². The van der Waals surface area contributed by atoms with Gasteiger partial charge in [-0.25, -0.2) is 4.79 Å². The van der Waals surface area contributed by atoms with Gasteiger partial charge in [-0.05, 0) is 12.0 Å². The first-order valence-electron chi connectivity index (χ1n) is 6.28. The molecular formula is C11H16N6O3. The molecule has 0 amide bonds. The fourth-order valence-corrected chi connectivity index (χ4v) is 2.24. The van der Waals surface area contributed by atoms with Gasteiger partial charge in [0.05, 0.1) is 18.8 Å². The van der Waals surface area contributed by atoms with Crippen LogP contribution in [-0.2, 0) is 11.2 Å². The van der Waals surface area contributed by atoms with Crippen molar-refractivity contribution < 1.29 is 9.84 Å². The topological polar surface area (TPSA) is 139 Å². The molecular weight excluding hydrogens is 264 g/mol. The summed E-state index contributed by atoms with van der Waals surface area (Å²) in [5, 5.41) is 12.8. The minimum atomic E-state index is -0.620. The fraction of sp³-hybridized carbons (Fsp3) is 0.636. The number of nitrogens with two attached hydrogens (primary N) is 1. The molecule has 9 nitrogen and oxygen atoms in total. The highest BCUT2D eigenvalue weighted by Crippen LogP contribution is 2.30. The van der Waals surface area contributed by atoms with Crippen molar-refractivity contribution in [3.63, 3.8) is 0 Å². The lowest BCUT2D eigenvalue weighted by molar-refractivity contribution is -0.0270. The maximum absolute atomic E-state index is 11.9. The molecule has 3 N–H and O–H groups in total. The third kappa shape index (κ3) is 2.60. The number of hydrogen-bond acceptors (Lipinski definition) is 6. The molecule has 0 spiro atoms. The Hall–Kier alpha value is -2.09. The lowest BCUT2D eigenvalue weighted by atomic mass is 10.1. The molecule has 1 aromatic heterocycles. The monoisotopic (exact) mass is 280 g/mol. The fourth-order valence-electron chi connectivity index (χ4n) is 2.24. The SMILES string of the molecule is CCc1cn([C@H]2C[C@H](N=[N+]=[N-])[C@@H](CO)O2)c(=O)nc1N. The Bertz CT molecular complexity index is 594. The summed E-state index contributed by atoms with van der Waals surface area (Å²) in [6.07, 6.45) is 1.31. The standard InChI is InChI=1S/C11H16N6O3/c1-2-6-4-17(11(19)14-10(6)12)9-3-7(15-16-13)8(5-18)20-9/h4,7-9,18H,2-3,5H2,1H3,(H2,12,14,19)/t7-,8+,9+/m0/s1. The van der Waals surface area contributed by atoms with E-state index < -0.39 is 24.1 Å². The van der Waals surface area contributed by atoms with Gasteiger partial charge in [0.25, 0.3) is 0 Å². The van der Waals surface area contributed by atoms with Crippen LogP contribution in [0.4, 0.5) is 5.82 Å². The van der Waals surface area contributed by atoms with E-state index in [4.69, 9.17) is 16.0 Å². The van der Waals surface area contributed by atoms with Gasteiger partial charge in [0.1, 0.15) is 12.0 Å². The smallest absolute Gasteiger partial charge is 0.351 e. The summed E-state index contributed by atoms with van der Waals surface area (Å²) in [5.41, 5.74) is 14.4. The van der Waals surface area contributed by atoms with Crippen molar-refractivity contribution in [2.24, 2.45) is 5.11 Å². The van der Waals surface area contributed by atoms with Crippen LogP contribution in [0.15, 0.2) is 16.1 Å². The van der Waals surface area contributed by atoms with Crippen LogP contribution in [0.3, 0.4) is 0 Å². The molecule has 0 bridgehead atoms. The van der Waals surface area contributed by atoms with E-state index in [0.717, 1.165) is 5.56 Å². The Morgan fingerprint density at radius 2 is 2.50 bits per heavy atom. The highest BCUT2D eigenvalue weighted by molar-refractivity contribution is 5.36. The molecule has 9 heteroatoms. The van der Waals surface area contributed by atoms with Crippen molar-refractivity contribution in [2.75, 3.05) is 12.3 Å². The summed E-state index contributed by atoms with van der Waals surface area (Å²) in [4.78, 5) is 18.4. The number of hydrogen-bond donors (Lipinski definition) is 2. The minimum Gasteiger partial charge on any atom is -0.394 e. The molecule has 0 saturated carbocycles. The summed E-state index contributed by atoms with van der Waals surface area (Å²) in [6, 6.07) is -0.510. The van der Waals surface area contributed by atoms with Gasteiger partial charge in [-0.15, -0.1) is 0 Å². The number of anilines is 1. The van der Waals surface area contributed by atoms with Crippen LogP contribution in [0.1, 0.15) is 25.1 Å². The zero-order valence-electron chi connectivity index (χ0n) is 11.0. The average Bonchev–Trinajstić information content (AvgIpc) is 2.82. The first-order chi connectivity index (χ1) is 9.60. The zero-order chi connectivity index (χ0) is 14.7. The molecule has 0 aromatic carbocycles. The van der Waals surface area contributed by atoms with E-state index in [2.05, 4.69) is 15.0 Å². The molecule has 2 heterocycles. The first-order valence-corrected chi connectivity index (χ1v) is 6.28. The van der Waals surface area contributed by atoms with E-state index in [1.54, 1.807) is 6.20 Å². The van der Waals surface area contributed by atoms with E-state index in [0.29, 0.717) is 12.8 Å². The first kappa shape index (κ1) is 14.3. The molecule has 0 aliphatic carbocycles. The van der Waals surface area contributed by atoms with Crippen LogP contribution < -0.4 is 11.4 Å². The molecule has 1 aliphatic heterocycles. The Kier molecular flexibility index (Phi) is 4.23. The third-order valence-electron chi connectivity index (χ3n) is 3.34. The van der Waals surface area contributed by atoms with E-state index in [-0.39, 0.29) is 12.4 Å². The lowest BCUT2D eigenvalue weighted by Gasteiger charge is -2.16. The van der Waals surface area contributed by atoms with Gasteiger partial charge in [-0.1, -0.05) is 12.0 Å². The number of azide groups is 1. The largest absolute Gasteiger partial charge is 0.394 e. The van der Waals surface area contributed by atoms with Gasteiger partial charge in [-0.3, -0.25) is 4.57 Å². The molecule has 1 aromatic rings. The van der Waals surface area contributed by atoms with Gasteiger partial charge >= 0.3 is 5.69 Å². The van der Waals surface area contributed by atoms with Crippen molar-refractivity contribution in [1.82, 2.24) is 9.55 Å². The molecule has 108 valence electrons. The third-order valence-corrected chi connectivity index (χ3v) is 3.34. The molecule has 3 atom stereocenters. The summed E-state index contributed by atoms with van der Waals surface area (Å²) in [6.45, 7) is 1.62. The quantitative estimate of drug-likeness (QED) is 0.465. The van der Waals surface area contributed by atoms with Crippen LogP contribution >= 0.6 is 0 Å². The average molecular weight is 280 g/mol. The predicted octanol–water partition coefficient (Wildman–Crippen LogP) is 0.347. The van der Waals surface area contributed by atoms with E-state index in [9.17, 15) is 9.90 Å². The Morgan fingerprint density at radius 1 is 1.75 bits per heavy atom. The van der Waals surface area contributed by atoms with E-state index in [1.807, 2.05) is 6.92 Å². The van der Waals surface area contributed by atoms with Crippen molar-refractivity contribution >= 4 is 5.82 Å². The lowest BCUT2D eigenvalue weighted by Crippen LogP contribution is -2.29.